The zero-order valence-electron chi connectivity index (χ0n) is 17.1. The average molecular weight is 390 g/mol. The molecule has 0 aromatic heterocycles. The molecule has 6 heteroatoms. The predicted molar refractivity (Wildman–Crippen MR) is 105 cm³/mol. The quantitative estimate of drug-likeness (QED) is 0.616. The van der Waals surface area contributed by atoms with Gasteiger partial charge in [0.2, 0.25) is 0 Å². The smallest absolute Gasteiger partial charge is 0.188 e. The fraction of sp³-hybridized carbons (Fsp3) is 0.545. The van der Waals surface area contributed by atoms with Crippen molar-refractivity contribution in [3.8, 4) is 0 Å². The molecule has 0 saturated carbocycles. The molecule has 0 radical (unpaired) electrons. The Morgan fingerprint density at radius 2 is 2.07 bits per heavy atom. The van der Waals surface area contributed by atoms with Crippen molar-refractivity contribution < 1.29 is 29.6 Å². The van der Waals surface area contributed by atoms with Crippen LogP contribution in [0.3, 0.4) is 0 Å². The van der Waals surface area contributed by atoms with Crippen LogP contribution in [-0.2, 0) is 14.3 Å². The molecule has 28 heavy (non-hydrogen) atoms. The van der Waals surface area contributed by atoms with Crippen molar-refractivity contribution in [2.75, 3.05) is 0 Å². The minimum absolute atomic E-state index is 0.0279. The Morgan fingerprint density at radius 1 is 1.43 bits per heavy atom. The van der Waals surface area contributed by atoms with E-state index in [2.05, 4.69) is 0 Å². The monoisotopic (exact) mass is 390 g/mol. The van der Waals surface area contributed by atoms with Gasteiger partial charge < -0.3 is 24.9 Å². The van der Waals surface area contributed by atoms with Crippen LogP contribution in [0.25, 0.3) is 0 Å². The molecule has 0 unspecified atom stereocenters. The zero-order valence-corrected chi connectivity index (χ0v) is 17.1. The summed E-state index contributed by atoms with van der Waals surface area (Å²) in [7, 11) is 0. The van der Waals surface area contributed by atoms with Gasteiger partial charge in [-0.15, -0.1) is 0 Å². The highest BCUT2D eigenvalue weighted by Gasteiger charge is 2.45. The highest BCUT2D eigenvalue weighted by atomic mass is 16.5. The third kappa shape index (κ3) is 4.51. The number of ether oxygens (including phenoxy) is 1. The Kier molecular flexibility index (Phi) is 6.48. The first-order chi connectivity index (χ1) is 12.9. The van der Waals surface area contributed by atoms with E-state index in [1.807, 2.05) is 13.8 Å². The van der Waals surface area contributed by atoms with Crippen LogP contribution in [-0.4, -0.2) is 44.2 Å². The maximum absolute atomic E-state index is 12.4. The Hall–Kier alpha value is -2.02. The van der Waals surface area contributed by atoms with Gasteiger partial charge in [-0.25, -0.2) is 0 Å². The molecule has 3 N–H and O–H groups in total. The Morgan fingerprint density at radius 3 is 2.64 bits per heavy atom. The van der Waals surface area contributed by atoms with Crippen LogP contribution in [0.4, 0.5) is 0 Å². The Balaban J connectivity index is 2.28. The van der Waals surface area contributed by atoms with E-state index in [0.29, 0.717) is 16.9 Å². The van der Waals surface area contributed by atoms with Crippen molar-refractivity contribution in [2.45, 2.75) is 64.8 Å². The maximum atomic E-state index is 12.4. The van der Waals surface area contributed by atoms with Crippen molar-refractivity contribution in [1.82, 2.24) is 0 Å². The standard InChI is InChI=1S/C22H30O6/c1-6-13(2)20(25)21(4,26)8-7-16-10-15-11-19(24)22(5,27)18(9-14(3)23)17(15)12-28-16/h7-8,10-13,18,20,25-27H,6,9H2,1-5H3/b8-7+/t13-,18+,20+,21+,22+/m0/s1. The number of fused-ring (bicyclic) bond motifs is 1. The number of rotatable bonds is 7. The molecule has 0 saturated heterocycles. The van der Waals surface area contributed by atoms with Gasteiger partial charge in [-0.1, -0.05) is 20.3 Å². The van der Waals surface area contributed by atoms with Crippen LogP contribution >= 0.6 is 0 Å². The SMILES string of the molecule is CC[C@H](C)[C@@H](O)[C@](C)(O)/C=C/C1=CC2=CC(=O)[C@](C)(O)[C@H](CC(C)=O)C2=CO1. The third-order valence-corrected chi connectivity index (χ3v) is 5.65. The number of aliphatic hydroxyl groups excluding tert-OH is 1. The molecule has 0 aromatic rings. The summed E-state index contributed by atoms with van der Waals surface area (Å²) in [4.78, 5) is 24.0. The van der Waals surface area contributed by atoms with E-state index in [9.17, 15) is 24.9 Å². The van der Waals surface area contributed by atoms with Crippen molar-refractivity contribution in [3.05, 3.63) is 47.5 Å². The molecule has 1 heterocycles. The fourth-order valence-corrected chi connectivity index (χ4v) is 3.47. The molecule has 2 aliphatic rings. The van der Waals surface area contributed by atoms with Crippen molar-refractivity contribution in [2.24, 2.45) is 11.8 Å². The van der Waals surface area contributed by atoms with Crippen LogP contribution < -0.4 is 0 Å². The summed E-state index contributed by atoms with van der Waals surface area (Å²) in [6, 6.07) is 0. The third-order valence-electron chi connectivity index (χ3n) is 5.65. The summed E-state index contributed by atoms with van der Waals surface area (Å²) in [5.74, 6) is -0.991. The van der Waals surface area contributed by atoms with E-state index in [1.165, 1.54) is 45.3 Å². The largest absolute Gasteiger partial charge is 0.465 e. The minimum atomic E-state index is -1.67. The van der Waals surface area contributed by atoms with Gasteiger partial charge in [-0.2, -0.15) is 0 Å². The van der Waals surface area contributed by atoms with E-state index in [1.54, 1.807) is 6.08 Å². The van der Waals surface area contributed by atoms with E-state index >= 15 is 0 Å². The topological polar surface area (TPSA) is 104 Å². The van der Waals surface area contributed by atoms with Gasteiger partial charge in [0.15, 0.2) is 5.78 Å². The van der Waals surface area contributed by atoms with Gasteiger partial charge in [0.05, 0.1) is 12.4 Å². The average Bonchev–Trinajstić information content (AvgIpc) is 2.62. The molecule has 2 rings (SSSR count). The van der Waals surface area contributed by atoms with Gasteiger partial charge >= 0.3 is 0 Å². The first kappa shape index (κ1) is 22.3. The normalized spacial score (nSPS) is 29.1. The fourth-order valence-electron chi connectivity index (χ4n) is 3.47. The van der Waals surface area contributed by atoms with Crippen LogP contribution in [0.2, 0.25) is 0 Å². The first-order valence-corrected chi connectivity index (χ1v) is 9.56. The molecular formula is C22H30O6. The molecule has 0 amide bonds. The second kappa shape index (κ2) is 8.15. The number of carbonyl (C=O) groups is 2. The van der Waals surface area contributed by atoms with Crippen LogP contribution in [0.15, 0.2) is 47.5 Å². The van der Waals surface area contributed by atoms with Gasteiger partial charge in [0.1, 0.15) is 22.7 Å². The first-order valence-electron chi connectivity index (χ1n) is 9.56. The van der Waals surface area contributed by atoms with Gasteiger partial charge in [0, 0.05) is 17.9 Å². The minimum Gasteiger partial charge on any atom is -0.465 e. The molecule has 5 atom stereocenters. The van der Waals surface area contributed by atoms with Gasteiger partial charge in [-0.3, -0.25) is 4.79 Å². The summed E-state index contributed by atoms with van der Waals surface area (Å²) < 4.78 is 5.59. The van der Waals surface area contributed by atoms with Crippen molar-refractivity contribution in [1.29, 1.82) is 0 Å². The lowest BCUT2D eigenvalue weighted by molar-refractivity contribution is -0.136. The molecule has 154 valence electrons. The summed E-state index contributed by atoms with van der Waals surface area (Å²) in [6.45, 7) is 8.14. The van der Waals surface area contributed by atoms with Crippen molar-refractivity contribution in [3.63, 3.8) is 0 Å². The van der Waals surface area contributed by atoms with E-state index in [0.717, 1.165) is 6.42 Å². The highest BCUT2D eigenvalue weighted by molar-refractivity contribution is 6.01. The summed E-state index contributed by atoms with van der Waals surface area (Å²) in [5.41, 5.74) is -1.96. The van der Waals surface area contributed by atoms with E-state index in [4.69, 9.17) is 4.74 Å². The predicted octanol–water partition coefficient (Wildman–Crippen LogP) is 2.35. The second-order valence-electron chi connectivity index (χ2n) is 8.20. The number of hydrogen-bond donors (Lipinski definition) is 3. The molecule has 0 aromatic carbocycles. The lowest BCUT2D eigenvalue weighted by Gasteiger charge is -2.37. The lowest BCUT2D eigenvalue weighted by Crippen LogP contribution is -2.47. The number of Topliss-reactive ketones (excluding diaryl/α,β-unsaturated/α-hetero) is 1. The molecule has 6 nitrogen and oxygen atoms in total. The highest BCUT2D eigenvalue weighted by Crippen LogP contribution is 2.40. The van der Waals surface area contributed by atoms with Crippen LogP contribution in [0.1, 0.15) is 47.5 Å². The molecule has 1 aliphatic carbocycles. The van der Waals surface area contributed by atoms with E-state index in [-0.39, 0.29) is 18.1 Å². The molecule has 1 aliphatic heterocycles. The number of hydrogen-bond acceptors (Lipinski definition) is 6. The second-order valence-corrected chi connectivity index (χ2v) is 8.20. The molecular weight excluding hydrogens is 360 g/mol. The summed E-state index contributed by atoms with van der Waals surface area (Å²) >= 11 is 0. The van der Waals surface area contributed by atoms with Crippen molar-refractivity contribution >= 4 is 11.6 Å². The van der Waals surface area contributed by atoms with Crippen LogP contribution in [0, 0.1) is 11.8 Å². The number of allylic oxidation sites excluding steroid dienone is 3. The Bertz CT molecular complexity index is 766. The Labute approximate surface area is 165 Å². The maximum Gasteiger partial charge on any atom is 0.188 e. The summed E-state index contributed by atoms with van der Waals surface area (Å²) in [6.07, 6.45) is 7.21. The van der Waals surface area contributed by atoms with Gasteiger partial charge in [-0.05, 0) is 56.6 Å². The molecule has 0 fully saturated rings. The molecule has 0 spiro atoms. The summed E-state index contributed by atoms with van der Waals surface area (Å²) in [5, 5.41) is 31.4. The number of aliphatic hydroxyl groups is 3. The lowest BCUT2D eigenvalue weighted by atomic mass is 9.70. The number of carbonyl (C=O) groups excluding carboxylic acids is 2. The number of ketones is 2. The molecule has 0 bridgehead atoms. The zero-order chi connectivity index (χ0) is 21.3. The van der Waals surface area contributed by atoms with E-state index < -0.39 is 29.0 Å². The van der Waals surface area contributed by atoms with Crippen LogP contribution in [0.5, 0.6) is 0 Å². The van der Waals surface area contributed by atoms with Gasteiger partial charge in [0.25, 0.3) is 0 Å².